The Morgan fingerprint density at radius 1 is 1.33 bits per heavy atom. The molecule has 0 amide bonds. The zero-order valence-electron chi connectivity index (χ0n) is 9.35. The van der Waals surface area contributed by atoms with Crippen molar-refractivity contribution in [3.8, 4) is 11.5 Å². The highest BCUT2D eigenvalue weighted by Crippen LogP contribution is 2.38. The molecule has 3 rings (SSSR count). The minimum absolute atomic E-state index is 0.539. The molecule has 7 heteroatoms. The number of benzene rings is 1. The molecule has 0 fully saturated rings. The number of halogens is 1. The molecule has 1 aliphatic heterocycles. The summed E-state index contributed by atoms with van der Waals surface area (Å²) in [6, 6.07) is 3.80. The summed E-state index contributed by atoms with van der Waals surface area (Å²) in [6.45, 7) is 1.73. The molecule has 0 bridgehead atoms. The molecule has 0 radical (unpaired) electrons. The van der Waals surface area contributed by atoms with Crippen molar-refractivity contribution >= 4 is 28.1 Å². The molecule has 5 nitrogen and oxygen atoms in total. The predicted molar refractivity (Wildman–Crippen MR) is 69.7 cm³/mol. The van der Waals surface area contributed by atoms with Crippen molar-refractivity contribution in [1.29, 1.82) is 0 Å². The normalized spacial score (nSPS) is 13.4. The predicted octanol–water partition coefficient (Wildman–Crippen LogP) is 2.57. The molecule has 1 aromatic heterocycles. The summed E-state index contributed by atoms with van der Waals surface area (Å²) in [5, 5.41) is 8.46. The van der Waals surface area contributed by atoms with Gasteiger partial charge in [-0.15, -0.1) is 5.10 Å². The third-order valence-electron chi connectivity index (χ3n) is 2.48. The Balaban J connectivity index is 1.78. The summed E-state index contributed by atoms with van der Waals surface area (Å²) in [5.74, 6) is 1.33. The van der Waals surface area contributed by atoms with Gasteiger partial charge in [-0.2, -0.15) is 0 Å². The first kappa shape index (κ1) is 11.6. The van der Waals surface area contributed by atoms with Crippen LogP contribution in [0.25, 0.3) is 0 Å². The summed E-state index contributed by atoms with van der Waals surface area (Å²) < 4.78 is 14.8. The van der Waals surface area contributed by atoms with Crippen molar-refractivity contribution in [2.24, 2.45) is 0 Å². The second-order valence-corrected chi connectivity index (χ2v) is 4.93. The summed E-state index contributed by atoms with van der Waals surface area (Å²) in [7, 11) is 0. The second kappa shape index (κ2) is 4.99. The maximum absolute atomic E-state index is 6.15. The first-order valence-electron chi connectivity index (χ1n) is 5.42. The fourth-order valence-corrected chi connectivity index (χ4v) is 2.40. The lowest BCUT2D eigenvalue weighted by Crippen LogP contribution is -2.16. The Morgan fingerprint density at radius 2 is 2.22 bits per heavy atom. The molecule has 0 saturated carbocycles. The topological polar surface area (TPSA) is 56.3 Å². The molecule has 0 unspecified atom stereocenters. The summed E-state index contributed by atoms with van der Waals surface area (Å²) in [6.07, 6.45) is 1.68. The van der Waals surface area contributed by atoms with Crippen LogP contribution in [0, 0.1) is 0 Å². The van der Waals surface area contributed by atoms with Crippen LogP contribution < -0.4 is 14.8 Å². The molecule has 2 aromatic rings. The van der Waals surface area contributed by atoms with Crippen LogP contribution in [0.15, 0.2) is 18.3 Å². The second-order valence-electron chi connectivity index (χ2n) is 3.74. The van der Waals surface area contributed by atoms with E-state index < -0.39 is 0 Å². The Bertz CT molecular complexity index is 547. The number of fused-ring (bicyclic) bond motifs is 1. The highest BCUT2D eigenvalue weighted by molar-refractivity contribution is 7.09. The molecule has 18 heavy (non-hydrogen) atoms. The van der Waals surface area contributed by atoms with E-state index in [1.54, 1.807) is 6.20 Å². The molecule has 94 valence electrons. The Hall–Kier alpha value is -1.53. The van der Waals surface area contributed by atoms with Crippen LogP contribution in [0.3, 0.4) is 0 Å². The van der Waals surface area contributed by atoms with Gasteiger partial charge in [-0.25, -0.2) is 0 Å². The zero-order valence-corrected chi connectivity index (χ0v) is 10.9. The minimum atomic E-state index is 0.539. The monoisotopic (exact) mass is 283 g/mol. The third kappa shape index (κ3) is 2.34. The molecule has 0 aliphatic carbocycles. The van der Waals surface area contributed by atoms with Crippen molar-refractivity contribution < 1.29 is 9.47 Å². The lowest BCUT2D eigenvalue weighted by molar-refractivity contribution is 0.171. The molecular weight excluding hydrogens is 274 g/mol. The number of nitrogens with one attached hydrogen (secondary N) is 1. The van der Waals surface area contributed by atoms with E-state index in [2.05, 4.69) is 14.9 Å². The van der Waals surface area contributed by atoms with Gasteiger partial charge < -0.3 is 14.8 Å². The van der Waals surface area contributed by atoms with Crippen molar-refractivity contribution in [3.63, 3.8) is 0 Å². The van der Waals surface area contributed by atoms with Crippen LogP contribution in [0.4, 0.5) is 5.00 Å². The van der Waals surface area contributed by atoms with Gasteiger partial charge in [0.25, 0.3) is 0 Å². The van der Waals surface area contributed by atoms with Crippen molar-refractivity contribution in [2.75, 3.05) is 18.5 Å². The summed E-state index contributed by atoms with van der Waals surface area (Å²) >= 11 is 7.47. The van der Waals surface area contributed by atoms with Gasteiger partial charge in [-0.3, -0.25) is 0 Å². The van der Waals surface area contributed by atoms with Crippen LogP contribution in [-0.2, 0) is 6.54 Å². The number of hydrogen-bond acceptors (Lipinski definition) is 6. The maximum Gasteiger partial charge on any atom is 0.179 e. The Kier molecular flexibility index (Phi) is 3.21. The van der Waals surface area contributed by atoms with E-state index in [1.165, 1.54) is 11.5 Å². The van der Waals surface area contributed by atoms with Gasteiger partial charge >= 0.3 is 0 Å². The quantitative estimate of drug-likeness (QED) is 0.938. The molecule has 2 heterocycles. The number of hydrogen-bond donors (Lipinski definition) is 1. The Labute approximate surface area is 113 Å². The number of aromatic nitrogens is 2. The number of rotatable bonds is 3. The highest BCUT2D eigenvalue weighted by Gasteiger charge is 2.16. The van der Waals surface area contributed by atoms with Gasteiger partial charge in [-0.1, -0.05) is 16.1 Å². The summed E-state index contributed by atoms with van der Waals surface area (Å²) in [5.41, 5.74) is 1.03. The fraction of sp³-hybridized carbons (Fsp3) is 0.273. The van der Waals surface area contributed by atoms with E-state index in [4.69, 9.17) is 21.1 Å². The SMILES string of the molecule is Clc1cc(CNc2cnns2)cc2c1OCCO2. The first-order valence-corrected chi connectivity index (χ1v) is 6.57. The van der Waals surface area contributed by atoms with Gasteiger partial charge in [0.2, 0.25) is 0 Å². The van der Waals surface area contributed by atoms with Crippen molar-refractivity contribution in [1.82, 2.24) is 9.59 Å². The fourth-order valence-electron chi connectivity index (χ4n) is 1.70. The maximum atomic E-state index is 6.15. The number of anilines is 1. The smallest absolute Gasteiger partial charge is 0.179 e. The number of nitrogens with zero attached hydrogens (tertiary/aromatic N) is 2. The van der Waals surface area contributed by atoms with Gasteiger partial charge in [-0.05, 0) is 17.7 Å². The average Bonchev–Trinajstić information content (AvgIpc) is 2.90. The van der Waals surface area contributed by atoms with E-state index in [1.807, 2.05) is 12.1 Å². The van der Waals surface area contributed by atoms with Crippen molar-refractivity contribution in [2.45, 2.75) is 6.54 Å². The van der Waals surface area contributed by atoms with E-state index in [9.17, 15) is 0 Å². The third-order valence-corrected chi connectivity index (χ3v) is 3.39. The van der Waals surface area contributed by atoms with Crippen molar-refractivity contribution in [3.05, 3.63) is 28.9 Å². The zero-order chi connectivity index (χ0) is 12.4. The van der Waals surface area contributed by atoms with E-state index in [-0.39, 0.29) is 0 Å². The highest BCUT2D eigenvalue weighted by atomic mass is 35.5. The van der Waals surface area contributed by atoms with Gasteiger partial charge in [0, 0.05) is 18.1 Å². The van der Waals surface area contributed by atoms with E-state index >= 15 is 0 Å². The lowest BCUT2D eigenvalue weighted by Gasteiger charge is -2.20. The van der Waals surface area contributed by atoms with Crippen LogP contribution in [0.5, 0.6) is 11.5 Å². The molecular formula is C11H10ClN3O2S. The number of ether oxygens (including phenoxy) is 2. The van der Waals surface area contributed by atoms with Gasteiger partial charge in [0.1, 0.15) is 18.2 Å². The molecule has 1 aromatic carbocycles. The summed E-state index contributed by atoms with van der Waals surface area (Å²) in [4.78, 5) is 0. The molecule has 1 N–H and O–H groups in total. The van der Waals surface area contributed by atoms with Gasteiger partial charge in [0.05, 0.1) is 11.2 Å². The van der Waals surface area contributed by atoms with Gasteiger partial charge in [0.15, 0.2) is 11.5 Å². The van der Waals surface area contributed by atoms with E-state index in [0.717, 1.165) is 10.6 Å². The van der Waals surface area contributed by atoms with E-state index in [0.29, 0.717) is 36.3 Å². The molecule has 0 spiro atoms. The minimum Gasteiger partial charge on any atom is -0.486 e. The van der Waals surface area contributed by atoms with Crippen LogP contribution >= 0.6 is 23.1 Å². The lowest BCUT2D eigenvalue weighted by atomic mass is 10.2. The average molecular weight is 284 g/mol. The Morgan fingerprint density at radius 3 is 3.06 bits per heavy atom. The molecule has 0 atom stereocenters. The molecule has 1 aliphatic rings. The largest absolute Gasteiger partial charge is 0.486 e. The van der Waals surface area contributed by atoms with Crippen LogP contribution in [0.2, 0.25) is 5.02 Å². The first-order chi connectivity index (χ1) is 8.83. The van der Waals surface area contributed by atoms with Crippen LogP contribution in [0.1, 0.15) is 5.56 Å². The standard InChI is InChI=1S/C11H10ClN3O2S/c12-8-3-7(5-13-10-6-14-15-18-10)4-9-11(8)17-2-1-16-9/h3-4,6,13H,1-2,5H2. The van der Waals surface area contributed by atoms with Crippen LogP contribution in [-0.4, -0.2) is 22.8 Å². The molecule has 0 saturated heterocycles.